The second-order valence-electron chi connectivity index (χ2n) is 5.06. The number of carbonyl (C=O) groups is 2. The van der Waals surface area contributed by atoms with Crippen LogP contribution in [-0.2, 0) is 4.79 Å². The van der Waals surface area contributed by atoms with Crippen molar-refractivity contribution in [3.8, 4) is 0 Å². The fourth-order valence-electron chi connectivity index (χ4n) is 2.45. The van der Waals surface area contributed by atoms with E-state index in [9.17, 15) is 29.2 Å². The predicted octanol–water partition coefficient (Wildman–Crippen LogP) is 1.81. The molecule has 1 aromatic carbocycles. The van der Waals surface area contributed by atoms with Gasteiger partial charge in [0.2, 0.25) is 5.82 Å². The first-order valence-electron chi connectivity index (χ1n) is 6.26. The van der Waals surface area contributed by atoms with Crippen LogP contribution in [0.1, 0.15) is 30.1 Å². The number of nitro benzene ring substituents is 1. The molecule has 7 nitrogen and oxygen atoms in total. The molecule has 1 aliphatic rings. The van der Waals surface area contributed by atoms with Gasteiger partial charge in [0.1, 0.15) is 5.54 Å². The first kappa shape index (κ1) is 14.9. The number of amides is 1. The Morgan fingerprint density at radius 3 is 2.71 bits per heavy atom. The lowest BCUT2D eigenvalue weighted by Gasteiger charge is -2.31. The van der Waals surface area contributed by atoms with Gasteiger partial charge in [-0.25, -0.2) is 4.79 Å². The van der Waals surface area contributed by atoms with Crippen molar-refractivity contribution in [1.82, 2.24) is 4.90 Å². The van der Waals surface area contributed by atoms with Gasteiger partial charge in [-0.15, -0.1) is 0 Å². The summed E-state index contributed by atoms with van der Waals surface area (Å²) >= 11 is 0. The molecule has 2 rings (SSSR count). The number of carboxylic acids is 1. The van der Waals surface area contributed by atoms with Crippen LogP contribution in [0.3, 0.4) is 0 Å². The molecule has 1 N–H and O–H groups in total. The molecule has 1 atom stereocenters. The second kappa shape index (κ2) is 5.12. The molecule has 1 unspecified atom stereocenters. The van der Waals surface area contributed by atoms with Gasteiger partial charge in [-0.1, -0.05) is 0 Å². The van der Waals surface area contributed by atoms with E-state index in [4.69, 9.17) is 0 Å². The first-order chi connectivity index (χ1) is 9.77. The van der Waals surface area contributed by atoms with Crippen LogP contribution in [0.5, 0.6) is 0 Å². The van der Waals surface area contributed by atoms with Gasteiger partial charge in [0, 0.05) is 18.2 Å². The number of likely N-dealkylation sites (tertiary alicyclic amines) is 1. The van der Waals surface area contributed by atoms with Gasteiger partial charge in [-0.3, -0.25) is 14.9 Å². The van der Waals surface area contributed by atoms with Gasteiger partial charge in [0.05, 0.1) is 4.92 Å². The summed E-state index contributed by atoms with van der Waals surface area (Å²) in [6.07, 6.45) is 0.829. The van der Waals surface area contributed by atoms with E-state index in [2.05, 4.69) is 0 Å². The summed E-state index contributed by atoms with van der Waals surface area (Å²) in [7, 11) is 0. The summed E-state index contributed by atoms with van der Waals surface area (Å²) in [6, 6.07) is 2.78. The maximum atomic E-state index is 13.3. The van der Waals surface area contributed by atoms with Crippen LogP contribution < -0.4 is 0 Å². The lowest BCUT2D eigenvalue weighted by molar-refractivity contribution is -0.387. The molecule has 0 saturated carbocycles. The molecule has 0 aromatic heterocycles. The van der Waals surface area contributed by atoms with Crippen LogP contribution in [0.4, 0.5) is 10.1 Å². The third kappa shape index (κ3) is 2.44. The van der Waals surface area contributed by atoms with Crippen LogP contribution in [0.15, 0.2) is 18.2 Å². The Morgan fingerprint density at radius 1 is 1.48 bits per heavy atom. The highest BCUT2D eigenvalue weighted by Crippen LogP contribution is 2.31. The van der Waals surface area contributed by atoms with E-state index in [1.165, 1.54) is 6.92 Å². The number of benzene rings is 1. The molecular weight excluding hydrogens is 283 g/mol. The first-order valence-corrected chi connectivity index (χ1v) is 6.26. The van der Waals surface area contributed by atoms with Crippen molar-refractivity contribution >= 4 is 17.6 Å². The minimum absolute atomic E-state index is 0.0996. The quantitative estimate of drug-likeness (QED) is 0.677. The number of carbonyl (C=O) groups excluding carboxylic acids is 1. The maximum absolute atomic E-state index is 13.3. The van der Waals surface area contributed by atoms with Crippen LogP contribution in [0.2, 0.25) is 0 Å². The smallest absolute Gasteiger partial charge is 0.329 e. The molecule has 0 bridgehead atoms. The molecule has 0 spiro atoms. The summed E-state index contributed by atoms with van der Waals surface area (Å²) in [5, 5.41) is 20.0. The molecule has 1 fully saturated rings. The van der Waals surface area contributed by atoms with Crippen molar-refractivity contribution in [3.63, 3.8) is 0 Å². The predicted molar refractivity (Wildman–Crippen MR) is 69.4 cm³/mol. The SMILES string of the molecule is CC1(C(=O)O)CCCN1C(=O)c1ccc(F)c([N+](=O)[O-])c1. The molecule has 0 radical (unpaired) electrons. The highest BCUT2D eigenvalue weighted by molar-refractivity contribution is 5.98. The minimum Gasteiger partial charge on any atom is -0.480 e. The Labute approximate surface area is 119 Å². The molecule has 21 heavy (non-hydrogen) atoms. The Hall–Kier alpha value is -2.51. The molecule has 1 amide bonds. The standard InChI is InChI=1S/C13H13FN2O5/c1-13(12(18)19)5-2-6-15(13)11(17)8-3-4-9(14)10(7-8)16(20)21/h3-4,7H,2,5-6H2,1H3,(H,18,19). The molecular formula is C13H13FN2O5. The second-order valence-corrected chi connectivity index (χ2v) is 5.06. The number of aliphatic carboxylic acids is 1. The van der Waals surface area contributed by atoms with E-state index < -0.39 is 33.8 Å². The Morgan fingerprint density at radius 2 is 2.14 bits per heavy atom. The van der Waals surface area contributed by atoms with E-state index in [1.54, 1.807) is 0 Å². The van der Waals surface area contributed by atoms with Crippen molar-refractivity contribution in [2.45, 2.75) is 25.3 Å². The van der Waals surface area contributed by atoms with Crippen LogP contribution in [-0.4, -0.2) is 38.9 Å². The molecule has 112 valence electrons. The normalized spacial score (nSPS) is 21.3. The third-order valence-corrected chi connectivity index (χ3v) is 3.74. The van der Waals surface area contributed by atoms with Crippen molar-refractivity contribution in [1.29, 1.82) is 0 Å². The largest absolute Gasteiger partial charge is 0.480 e. The highest BCUT2D eigenvalue weighted by atomic mass is 19.1. The topological polar surface area (TPSA) is 101 Å². The van der Waals surface area contributed by atoms with E-state index in [1.807, 2.05) is 0 Å². The molecule has 8 heteroatoms. The Kier molecular flexibility index (Phi) is 3.63. The van der Waals surface area contributed by atoms with Gasteiger partial charge in [-0.2, -0.15) is 4.39 Å². The maximum Gasteiger partial charge on any atom is 0.329 e. The summed E-state index contributed by atoms with van der Waals surface area (Å²) in [5.74, 6) is -2.83. The highest BCUT2D eigenvalue weighted by Gasteiger charge is 2.46. The lowest BCUT2D eigenvalue weighted by atomic mass is 9.98. The monoisotopic (exact) mass is 296 g/mol. The van der Waals surface area contributed by atoms with Crippen LogP contribution in [0.25, 0.3) is 0 Å². The Balaban J connectivity index is 2.39. The van der Waals surface area contributed by atoms with Crippen molar-refractivity contribution in [2.75, 3.05) is 6.54 Å². The molecule has 1 heterocycles. The average molecular weight is 296 g/mol. The van der Waals surface area contributed by atoms with Crippen molar-refractivity contribution in [2.24, 2.45) is 0 Å². The number of halogens is 1. The summed E-state index contributed by atoms with van der Waals surface area (Å²) in [6.45, 7) is 1.67. The van der Waals surface area contributed by atoms with Crippen LogP contribution in [0, 0.1) is 15.9 Å². The summed E-state index contributed by atoms with van der Waals surface area (Å²) < 4.78 is 13.3. The van der Waals surface area contributed by atoms with Gasteiger partial charge >= 0.3 is 11.7 Å². The molecule has 0 aliphatic carbocycles. The van der Waals surface area contributed by atoms with Gasteiger partial charge in [0.25, 0.3) is 5.91 Å². The van der Waals surface area contributed by atoms with Gasteiger partial charge < -0.3 is 10.0 Å². The average Bonchev–Trinajstić information content (AvgIpc) is 2.81. The van der Waals surface area contributed by atoms with Gasteiger partial charge in [0.15, 0.2) is 0 Å². The van der Waals surface area contributed by atoms with E-state index in [0.717, 1.165) is 23.1 Å². The zero-order chi connectivity index (χ0) is 15.8. The third-order valence-electron chi connectivity index (χ3n) is 3.74. The fraction of sp³-hybridized carbons (Fsp3) is 0.385. The molecule has 1 saturated heterocycles. The van der Waals surface area contributed by atoms with Crippen molar-refractivity contribution in [3.05, 3.63) is 39.7 Å². The number of rotatable bonds is 3. The zero-order valence-electron chi connectivity index (χ0n) is 11.2. The number of hydrogen-bond donors (Lipinski definition) is 1. The van der Waals surface area contributed by atoms with Gasteiger partial charge in [-0.05, 0) is 31.9 Å². The van der Waals surface area contributed by atoms with E-state index in [0.29, 0.717) is 12.8 Å². The summed E-state index contributed by atoms with van der Waals surface area (Å²) in [4.78, 5) is 34.6. The van der Waals surface area contributed by atoms with Crippen molar-refractivity contribution < 1.29 is 24.0 Å². The summed E-state index contributed by atoms with van der Waals surface area (Å²) in [5.41, 5.74) is -2.25. The number of carboxylic acid groups (broad SMARTS) is 1. The van der Waals surface area contributed by atoms with Crippen LogP contribution >= 0.6 is 0 Å². The molecule has 1 aliphatic heterocycles. The zero-order valence-corrected chi connectivity index (χ0v) is 11.2. The number of hydrogen-bond acceptors (Lipinski definition) is 4. The number of nitrogens with zero attached hydrogens (tertiary/aromatic N) is 2. The molecule has 1 aromatic rings. The minimum atomic E-state index is -1.35. The van der Waals surface area contributed by atoms with E-state index >= 15 is 0 Å². The Bertz CT molecular complexity index is 633. The fourth-order valence-corrected chi connectivity index (χ4v) is 2.45. The number of nitro groups is 1. The van der Waals surface area contributed by atoms with E-state index in [-0.39, 0.29) is 12.1 Å². The lowest BCUT2D eigenvalue weighted by Crippen LogP contribution is -2.50.